The maximum atomic E-state index is 5.91. The molecule has 0 saturated carbocycles. The van der Waals surface area contributed by atoms with Crippen LogP contribution in [0.4, 0.5) is 0 Å². The molecule has 2 saturated heterocycles. The number of halogens is 1. The first-order valence-electron chi connectivity index (χ1n) is 5.06. The molecule has 2 rings (SSSR count). The van der Waals surface area contributed by atoms with Gasteiger partial charge >= 0.3 is 0 Å². The van der Waals surface area contributed by atoms with E-state index in [0.717, 1.165) is 0 Å². The van der Waals surface area contributed by atoms with Crippen LogP contribution in [-0.4, -0.2) is 14.1 Å². The summed E-state index contributed by atoms with van der Waals surface area (Å²) in [6.07, 6.45) is 5.79. The maximum absolute atomic E-state index is 5.91. The van der Waals surface area contributed by atoms with Crippen LogP contribution in [0.5, 0.6) is 0 Å². The van der Waals surface area contributed by atoms with Gasteiger partial charge in [0, 0.05) is 6.04 Å². The summed E-state index contributed by atoms with van der Waals surface area (Å²) in [6.45, 7) is 0. The van der Waals surface area contributed by atoms with Gasteiger partial charge in [0.1, 0.15) is 0 Å². The van der Waals surface area contributed by atoms with Gasteiger partial charge in [-0.15, -0.1) is 12.4 Å². The number of hydrogen-bond acceptors (Lipinski definition) is 1. The first kappa shape index (κ1) is 10.5. The molecule has 2 fully saturated rings. The van der Waals surface area contributed by atoms with E-state index in [-0.39, 0.29) is 12.4 Å². The van der Waals surface area contributed by atoms with Crippen molar-refractivity contribution in [2.45, 2.75) is 55.9 Å². The second-order valence-corrected chi connectivity index (χ2v) is 9.54. The van der Waals surface area contributed by atoms with Gasteiger partial charge in [-0.2, -0.15) is 0 Å². The molecule has 0 aliphatic carbocycles. The van der Waals surface area contributed by atoms with Crippen LogP contribution in [-0.2, 0) is 0 Å². The zero-order valence-corrected chi connectivity index (χ0v) is 9.54. The maximum Gasteiger partial charge on any atom is 0.0537 e. The van der Waals surface area contributed by atoms with Crippen molar-refractivity contribution in [3.63, 3.8) is 0 Å². The molecule has 2 aliphatic heterocycles. The summed E-state index contributed by atoms with van der Waals surface area (Å²) in [5, 5.41) is 0. The van der Waals surface area contributed by atoms with Crippen LogP contribution in [0.25, 0.3) is 0 Å². The van der Waals surface area contributed by atoms with Gasteiger partial charge in [-0.1, -0.05) is 37.0 Å². The Morgan fingerprint density at radius 1 is 0.917 bits per heavy atom. The molecular weight excluding hydrogens is 186 g/mol. The molecule has 0 unspecified atom stereocenters. The molecule has 0 radical (unpaired) electrons. The molecule has 12 heavy (non-hydrogen) atoms. The van der Waals surface area contributed by atoms with E-state index in [4.69, 9.17) is 5.73 Å². The molecule has 0 amide bonds. The predicted octanol–water partition coefficient (Wildman–Crippen LogP) is 2.77. The van der Waals surface area contributed by atoms with Gasteiger partial charge in [0.25, 0.3) is 0 Å². The summed E-state index contributed by atoms with van der Waals surface area (Å²) in [4.78, 5) is 0. The highest BCUT2D eigenvalue weighted by molar-refractivity contribution is 6.80. The number of nitrogens with two attached hydrogens (primary N) is 1. The molecule has 0 atom stereocenters. The van der Waals surface area contributed by atoms with E-state index in [1.807, 2.05) is 0 Å². The van der Waals surface area contributed by atoms with Crippen LogP contribution in [0.1, 0.15) is 25.7 Å². The van der Waals surface area contributed by atoms with Crippen molar-refractivity contribution in [2.75, 3.05) is 0 Å². The van der Waals surface area contributed by atoms with E-state index in [9.17, 15) is 0 Å². The average molecular weight is 206 g/mol. The average Bonchev–Trinajstić information content (AvgIpc) is 2.45. The third-order valence-electron chi connectivity index (χ3n) is 3.76. The predicted molar refractivity (Wildman–Crippen MR) is 58.7 cm³/mol. The Hall–Kier alpha value is 0.467. The lowest BCUT2D eigenvalue weighted by molar-refractivity contribution is 0.589. The topological polar surface area (TPSA) is 26.0 Å². The first-order chi connectivity index (χ1) is 5.31. The van der Waals surface area contributed by atoms with Crippen molar-refractivity contribution in [2.24, 2.45) is 5.73 Å². The molecule has 1 spiro atoms. The van der Waals surface area contributed by atoms with Gasteiger partial charge < -0.3 is 5.73 Å². The number of hydrogen-bond donors (Lipinski definition) is 1. The largest absolute Gasteiger partial charge is 0.328 e. The normalized spacial score (nSPS) is 28.8. The highest BCUT2D eigenvalue weighted by Crippen LogP contribution is 2.41. The van der Waals surface area contributed by atoms with Crippen LogP contribution in [0, 0.1) is 0 Å². The van der Waals surface area contributed by atoms with E-state index >= 15 is 0 Å². The second-order valence-electron chi connectivity index (χ2n) is 4.54. The summed E-state index contributed by atoms with van der Waals surface area (Å²) in [7, 11) is -0.641. The molecular formula is C9H20ClNSi. The van der Waals surface area contributed by atoms with E-state index in [0.29, 0.717) is 6.04 Å². The van der Waals surface area contributed by atoms with Crippen molar-refractivity contribution in [3.8, 4) is 0 Å². The van der Waals surface area contributed by atoms with Crippen molar-refractivity contribution in [3.05, 3.63) is 0 Å². The minimum absolute atomic E-state index is 0. The SMILES string of the molecule is Cl.NC1CC[Si]2(CCCC2)CC1. The van der Waals surface area contributed by atoms with E-state index in [1.165, 1.54) is 12.8 Å². The zero-order chi connectivity index (χ0) is 7.73. The van der Waals surface area contributed by atoms with Crippen LogP contribution < -0.4 is 5.73 Å². The van der Waals surface area contributed by atoms with Crippen molar-refractivity contribution < 1.29 is 0 Å². The Bertz CT molecular complexity index is 135. The molecule has 1 nitrogen and oxygen atoms in total. The fourth-order valence-electron chi connectivity index (χ4n) is 2.88. The Kier molecular flexibility index (Phi) is 3.62. The fraction of sp³-hybridized carbons (Fsp3) is 1.00. The van der Waals surface area contributed by atoms with Crippen molar-refractivity contribution in [1.29, 1.82) is 0 Å². The fourth-order valence-corrected chi connectivity index (χ4v) is 8.34. The summed E-state index contributed by atoms with van der Waals surface area (Å²) in [6, 6.07) is 6.97. The number of rotatable bonds is 0. The highest BCUT2D eigenvalue weighted by Gasteiger charge is 2.38. The Morgan fingerprint density at radius 2 is 1.42 bits per heavy atom. The zero-order valence-electron chi connectivity index (χ0n) is 7.72. The molecule has 0 bridgehead atoms. The summed E-state index contributed by atoms with van der Waals surface area (Å²) in [5.41, 5.74) is 5.91. The van der Waals surface area contributed by atoms with Crippen LogP contribution >= 0.6 is 12.4 Å². The van der Waals surface area contributed by atoms with Gasteiger partial charge in [0.2, 0.25) is 0 Å². The lowest BCUT2D eigenvalue weighted by Gasteiger charge is -2.33. The summed E-state index contributed by atoms with van der Waals surface area (Å²) in [5.74, 6) is 0. The van der Waals surface area contributed by atoms with Crippen molar-refractivity contribution >= 4 is 20.5 Å². The molecule has 3 heteroatoms. The van der Waals surface area contributed by atoms with Crippen LogP contribution in [0.15, 0.2) is 0 Å². The van der Waals surface area contributed by atoms with Gasteiger partial charge in [-0.05, 0) is 12.8 Å². The lowest BCUT2D eigenvalue weighted by atomic mass is 10.2. The second kappa shape index (κ2) is 4.12. The van der Waals surface area contributed by atoms with Gasteiger partial charge in [-0.25, -0.2) is 0 Å². The Labute approximate surface area is 82.5 Å². The summed E-state index contributed by atoms with van der Waals surface area (Å²) >= 11 is 0. The van der Waals surface area contributed by atoms with Gasteiger partial charge in [0.15, 0.2) is 0 Å². The Morgan fingerprint density at radius 3 is 1.92 bits per heavy atom. The monoisotopic (exact) mass is 205 g/mol. The summed E-state index contributed by atoms with van der Waals surface area (Å²) < 4.78 is 0. The third-order valence-corrected chi connectivity index (χ3v) is 9.28. The quantitative estimate of drug-likeness (QED) is 0.605. The molecule has 2 N–H and O–H groups in total. The molecule has 0 aromatic heterocycles. The minimum Gasteiger partial charge on any atom is -0.328 e. The Balaban J connectivity index is 0.000000720. The standard InChI is InChI=1S/C9H19NSi.ClH/c10-9-3-7-11(8-4-9)5-1-2-6-11;/h9H,1-8,10H2;1H. The smallest absolute Gasteiger partial charge is 0.0537 e. The van der Waals surface area contributed by atoms with Gasteiger partial charge in [0.05, 0.1) is 8.07 Å². The van der Waals surface area contributed by atoms with E-state index in [2.05, 4.69) is 0 Å². The lowest BCUT2D eigenvalue weighted by Crippen LogP contribution is -2.39. The molecule has 0 aromatic carbocycles. The molecule has 0 aromatic rings. The molecule has 2 heterocycles. The van der Waals surface area contributed by atoms with E-state index in [1.54, 1.807) is 37.0 Å². The first-order valence-corrected chi connectivity index (χ1v) is 7.89. The van der Waals surface area contributed by atoms with E-state index < -0.39 is 8.07 Å². The van der Waals surface area contributed by atoms with Crippen molar-refractivity contribution in [1.82, 2.24) is 0 Å². The minimum atomic E-state index is -0.641. The van der Waals surface area contributed by atoms with Gasteiger partial charge in [-0.3, -0.25) is 0 Å². The van der Waals surface area contributed by atoms with Crippen LogP contribution in [0.2, 0.25) is 24.2 Å². The molecule has 2 aliphatic rings. The molecule has 72 valence electrons. The highest BCUT2D eigenvalue weighted by atomic mass is 35.5. The third kappa shape index (κ3) is 2.04. The van der Waals surface area contributed by atoms with Crippen LogP contribution in [0.3, 0.4) is 0 Å².